The summed E-state index contributed by atoms with van der Waals surface area (Å²) in [4.78, 5) is 0. The molecule has 7 heteroatoms. The zero-order chi connectivity index (χ0) is 9.31. The van der Waals surface area contributed by atoms with E-state index in [4.69, 9.17) is 28.8 Å². The lowest BCUT2D eigenvalue weighted by molar-refractivity contribution is -0.0801. The van der Waals surface area contributed by atoms with Gasteiger partial charge in [0.2, 0.25) is 0 Å². The van der Waals surface area contributed by atoms with Gasteiger partial charge < -0.3 is 28.8 Å². The molecular formula is C6H12BO6-. The summed E-state index contributed by atoms with van der Waals surface area (Å²) in [6, 6.07) is 0. The summed E-state index contributed by atoms with van der Waals surface area (Å²) in [7, 11) is 0. The topological polar surface area (TPSA) is 77.4 Å². The standard InChI is InChI=1S/C6H12BO6/c8-1-6-4-12-7(13-6)10-2-5(9)3-11-7/h5-6,8-9H,1-4H2/q-1. The van der Waals surface area contributed by atoms with Crippen molar-refractivity contribution in [2.24, 2.45) is 0 Å². The zero-order valence-electron chi connectivity index (χ0n) is 7.09. The normalized spacial score (nSPS) is 45.7. The summed E-state index contributed by atoms with van der Waals surface area (Å²) in [6.07, 6.45) is -1.02. The van der Waals surface area contributed by atoms with E-state index in [9.17, 15) is 0 Å². The van der Waals surface area contributed by atoms with Crippen LogP contribution in [0.1, 0.15) is 0 Å². The number of hydrogen-bond acceptors (Lipinski definition) is 6. The monoisotopic (exact) mass is 191 g/mol. The van der Waals surface area contributed by atoms with Crippen molar-refractivity contribution in [1.29, 1.82) is 0 Å². The first-order chi connectivity index (χ1) is 6.24. The Morgan fingerprint density at radius 1 is 1.15 bits per heavy atom. The highest BCUT2D eigenvalue weighted by atomic mass is 16.9. The number of rotatable bonds is 1. The van der Waals surface area contributed by atoms with Crippen LogP contribution in [0.3, 0.4) is 0 Å². The van der Waals surface area contributed by atoms with Gasteiger partial charge in [-0.1, -0.05) is 0 Å². The van der Waals surface area contributed by atoms with Crippen LogP contribution in [0.25, 0.3) is 0 Å². The molecule has 0 aromatic heterocycles. The van der Waals surface area contributed by atoms with Crippen LogP contribution in [0.2, 0.25) is 0 Å². The highest BCUT2D eigenvalue weighted by Crippen LogP contribution is 2.24. The van der Waals surface area contributed by atoms with Crippen molar-refractivity contribution in [2.75, 3.05) is 26.4 Å². The van der Waals surface area contributed by atoms with Gasteiger partial charge in [0, 0.05) is 19.8 Å². The summed E-state index contributed by atoms with van der Waals surface area (Å²) in [6.45, 7) is -1.75. The van der Waals surface area contributed by atoms with Crippen molar-refractivity contribution in [3.05, 3.63) is 0 Å². The first-order valence-corrected chi connectivity index (χ1v) is 4.25. The molecule has 0 aromatic rings. The Labute approximate surface area is 75.4 Å². The van der Waals surface area contributed by atoms with Gasteiger partial charge >= 0.3 is 6.96 Å². The largest absolute Gasteiger partial charge is 0.531 e. The second kappa shape index (κ2) is 3.53. The quantitative estimate of drug-likeness (QED) is 0.478. The van der Waals surface area contributed by atoms with Gasteiger partial charge in [-0.2, -0.15) is 0 Å². The van der Waals surface area contributed by atoms with Crippen LogP contribution in [0.15, 0.2) is 0 Å². The second-order valence-electron chi connectivity index (χ2n) is 3.17. The van der Waals surface area contributed by atoms with E-state index >= 15 is 0 Å². The van der Waals surface area contributed by atoms with Gasteiger partial charge in [-0.3, -0.25) is 0 Å². The Morgan fingerprint density at radius 3 is 2.31 bits per heavy atom. The predicted molar refractivity (Wildman–Crippen MR) is 41.6 cm³/mol. The third-order valence-electron chi connectivity index (χ3n) is 2.03. The van der Waals surface area contributed by atoms with Gasteiger partial charge in [-0.05, 0) is 0 Å². The molecule has 6 nitrogen and oxygen atoms in total. The molecule has 0 radical (unpaired) electrons. The van der Waals surface area contributed by atoms with E-state index in [0.29, 0.717) is 0 Å². The summed E-state index contributed by atoms with van der Waals surface area (Å²) < 4.78 is 20.6. The van der Waals surface area contributed by atoms with Gasteiger partial charge in [0.1, 0.15) is 0 Å². The van der Waals surface area contributed by atoms with E-state index < -0.39 is 19.2 Å². The average Bonchev–Trinajstić information content (AvgIpc) is 2.55. The molecular weight excluding hydrogens is 179 g/mol. The molecule has 2 heterocycles. The van der Waals surface area contributed by atoms with E-state index in [-0.39, 0.29) is 26.4 Å². The van der Waals surface area contributed by atoms with Crippen molar-refractivity contribution in [3.63, 3.8) is 0 Å². The fraction of sp³-hybridized carbons (Fsp3) is 1.00. The smallest absolute Gasteiger partial charge is 0.517 e. The molecule has 0 amide bonds. The first kappa shape index (κ1) is 9.38. The van der Waals surface area contributed by atoms with Crippen molar-refractivity contribution < 1.29 is 28.8 Å². The Balaban J connectivity index is 1.92. The number of aliphatic hydroxyl groups is 2. The number of hydrogen-bond donors (Lipinski definition) is 2. The molecule has 76 valence electrons. The third kappa shape index (κ3) is 1.85. The molecule has 1 atom stereocenters. The fourth-order valence-electron chi connectivity index (χ4n) is 1.36. The molecule has 2 aliphatic heterocycles. The SMILES string of the molecule is OCC1CO[B-]2(OCC(O)CO2)O1. The van der Waals surface area contributed by atoms with Crippen LogP contribution in [0, 0.1) is 0 Å². The summed E-state index contributed by atoms with van der Waals surface area (Å²) in [5, 5.41) is 17.9. The maximum atomic E-state index is 9.08. The zero-order valence-corrected chi connectivity index (χ0v) is 7.09. The molecule has 2 rings (SSSR count). The summed E-state index contributed by atoms with van der Waals surface area (Å²) in [5.41, 5.74) is 0. The van der Waals surface area contributed by atoms with Crippen LogP contribution in [0.4, 0.5) is 0 Å². The van der Waals surface area contributed by atoms with Crippen molar-refractivity contribution in [1.82, 2.24) is 0 Å². The summed E-state index contributed by atoms with van der Waals surface area (Å²) >= 11 is 0. The fourth-order valence-corrected chi connectivity index (χ4v) is 1.36. The van der Waals surface area contributed by atoms with E-state index in [1.54, 1.807) is 0 Å². The van der Waals surface area contributed by atoms with Crippen LogP contribution < -0.4 is 0 Å². The van der Waals surface area contributed by atoms with E-state index in [1.807, 2.05) is 0 Å². The van der Waals surface area contributed by atoms with Gasteiger partial charge in [0.05, 0.1) is 18.8 Å². The molecule has 2 saturated heterocycles. The van der Waals surface area contributed by atoms with Gasteiger partial charge in [0.15, 0.2) is 0 Å². The minimum Gasteiger partial charge on any atom is -0.517 e. The lowest BCUT2D eigenvalue weighted by Gasteiger charge is -2.41. The van der Waals surface area contributed by atoms with Gasteiger partial charge in [-0.15, -0.1) is 0 Å². The maximum Gasteiger partial charge on any atom is 0.531 e. The van der Waals surface area contributed by atoms with E-state index in [1.165, 1.54) is 0 Å². The van der Waals surface area contributed by atoms with E-state index in [2.05, 4.69) is 0 Å². The Kier molecular flexibility index (Phi) is 2.54. The van der Waals surface area contributed by atoms with Crippen LogP contribution in [0.5, 0.6) is 0 Å². The van der Waals surface area contributed by atoms with Crippen LogP contribution in [-0.2, 0) is 18.6 Å². The predicted octanol–water partition coefficient (Wildman–Crippen LogP) is -1.76. The highest BCUT2D eigenvalue weighted by Gasteiger charge is 2.43. The minimum absolute atomic E-state index is 0.126. The van der Waals surface area contributed by atoms with Gasteiger partial charge in [-0.25, -0.2) is 0 Å². The average molecular weight is 191 g/mol. The molecule has 2 aliphatic rings. The van der Waals surface area contributed by atoms with Crippen molar-refractivity contribution >= 4 is 6.96 Å². The second-order valence-corrected chi connectivity index (χ2v) is 3.17. The molecule has 0 bridgehead atoms. The van der Waals surface area contributed by atoms with Gasteiger partial charge in [0.25, 0.3) is 0 Å². The molecule has 2 fully saturated rings. The Hall–Kier alpha value is -0.175. The lowest BCUT2D eigenvalue weighted by Crippen LogP contribution is -2.53. The Bertz CT molecular complexity index is 180. The molecule has 2 N–H and O–H groups in total. The molecule has 0 aliphatic carbocycles. The molecule has 1 unspecified atom stereocenters. The van der Waals surface area contributed by atoms with Crippen molar-refractivity contribution in [3.8, 4) is 0 Å². The molecule has 0 aromatic carbocycles. The maximum absolute atomic E-state index is 9.08. The third-order valence-corrected chi connectivity index (χ3v) is 2.03. The van der Waals surface area contributed by atoms with E-state index in [0.717, 1.165) is 0 Å². The minimum atomic E-state index is -2.16. The van der Waals surface area contributed by atoms with Crippen LogP contribution >= 0.6 is 0 Å². The van der Waals surface area contributed by atoms with Crippen LogP contribution in [-0.4, -0.2) is 55.8 Å². The molecule has 1 spiro atoms. The summed E-state index contributed by atoms with van der Waals surface area (Å²) in [5.74, 6) is 0. The Morgan fingerprint density at radius 2 is 1.77 bits per heavy atom. The highest BCUT2D eigenvalue weighted by molar-refractivity contribution is 6.54. The van der Waals surface area contributed by atoms with Crippen molar-refractivity contribution in [2.45, 2.75) is 12.2 Å². The lowest BCUT2D eigenvalue weighted by atomic mass is 10.0. The molecule has 13 heavy (non-hydrogen) atoms. The molecule has 0 saturated carbocycles. The first-order valence-electron chi connectivity index (χ1n) is 4.25. The number of aliphatic hydroxyl groups excluding tert-OH is 2.